The molecule has 1 aliphatic carbocycles. The number of likely N-dealkylation sites (N-methyl/N-ethyl adjacent to an activating group) is 1. The maximum atomic E-state index is 4.52. The van der Waals surface area contributed by atoms with Crippen molar-refractivity contribution in [3.05, 3.63) is 48.3 Å². The highest BCUT2D eigenvalue weighted by Gasteiger charge is 2.39. The van der Waals surface area contributed by atoms with E-state index in [9.17, 15) is 0 Å². The zero-order valence-electron chi connectivity index (χ0n) is 16.7. The van der Waals surface area contributed by atoms with Crippen molar-refractivity contribution in [2.45, 2.75) is 18.4 Å². The number of hydrogen-bond donors (Lipinski definition) is 1. The predicted octanol–water partition coefficient (Wildman–Crippen LogP) is 1.81. The average molecular weight is 379 g/mol. The molecule has 5 rings (SSSR count). The van der Waals surface area contributed by atoms with Gasteiger partial charge in [0.15, 0.2) is 0 Å². The van der Waals surface area contributed by atoms with Gasteiger partial charge in [0.25, 0.3) is 0 Å². The molecule has 2 aliphatic heterocycles. The fourth-order valence-electron chi connectivity index (χ4n) is 4.41. The van der Waals surface area contributed by atoms with Gasteiger partial charge in [-0.15, -0.1) is 0 Å². The number of piperazine rings is 1. The molecule has 1 aromatic heterocycles. The van der Waals surface area contributed by atoms with Crippen molar-refractivity contribution in [1.29, 1.82) is 0 Å². The van der Waals surface area contributed by atoms with Crippen LogP contribution >= 0.6 is 0 Å². The molecule has 2 saturated heterocycles. The van der Waals surface area contributed by atoms with Gasteiger partial charge in [-0.25, -0.2) is 9.97 Å². The van der Waals surface area contributed by atoms with Gasteiger partial charge < -0.3 is 20.0 Å². The van der Waals surface area contributed by atoms with Crippen LogP contribution < -0.4 is 15.1 Å². The van der Waals surface area contributed by atoms with Crippen molar-refractivity contribution in [3.63, 3.8) is 0 Å². The smallest absolute Gasteiger partial charge is 0.134 e. The summed E-state index contributed by atoms with van der Waals surface area (Å²) in [4.78, 5) is 16.2. The molecule has 0 amide bonds. The lowest BCUT2D eigenvalue weighted by molar-refractivity contribution is 0.312. The summed E-state index contributed by atoms with van der Waals surface area (Å²) in [7, 11) is 2.18. The zero-order chi connectivity index (χ0) is 18.9. The lowest BCUT2D eigenvalue weighted by Gasteiger charge is -2.41. The van der Waals surface area contributed by atoms with Crippen LogP contribution in [-0.2, 0) is 0 Å². The Kier molecular flexibility index (Phi) is 4.91. The van der Waals surface area contributed by atoms with E-state index in [0.717, 1.165) is 63.4 Å². The predicted molar refractivity (Wildman–Crippen MR) is 113 cm³/mol. The summed E-state index contributed by atoms with van der Waals surface area (Å²) in [5.41, 5.74) is 1.48. The van der Waals surface area contributed by atoms with E-state index >= 15 is 0 Å². The molecule has 6 nitrogen and oxygen atoms in total. The number of rotatable bonds is 6. The molecule has 2 aromatic rings. The monoisotopic (exact) mass is 378 g/mol. The number of anilines is 2. The third-order valence-electron chi connectivity index (χ3n) is 6.43. The van der Waals surface area contributed by atoms with Gasteiger partial charge in [0.1, 0.15) is 18.0 Å². The molecule has 3 fully saturated rings. The lowest BCUT2D eigenvalue weighted by Crippen LogP contribution is -2.51. The Hall–Kier alpha value is -2.18. The van der Waals surface area contributed by atoms with E-state index in [1.54, 1.807) is 6.33 Å². The van der Waals surface area contributed by atoms with Crippen LogP contribution in [0, 0.1) is 5.92 Å². The van der Waals surface area contributed by atoms with E-state index in [-0.39, 0.29) is 0 Å². The van der Waals surface area contributed by atoms with E-state index in [4.69, 9.17) is 0 Å². The summed E-state index contributed by atoms with van der Waals surface area (Å²) < 4.78 is 0. The molecule has 3 heterocycles. The van der Waals surface area contributed by atoms with E-state index in [2.05, 4.69) is 73.4 Å². The minimum absolute atomic E-state index is 0.666. The van der Waals surface area contributed by atoms with Gasteiger partial charge in [-0.3, -0.25) is 0 Å². The standard InChI is InChI=1S/C22H30N6/c1-26-7-9-27(10-8-26)21-12-22(25-16-24-21)28-14-17(15-28)13-23-20-11-19(20)18-5-3-2-4-6-18/h2-6,12,16-17,19-20,23H,7-11,13-15H2,1H3/t19-,20+/m0/s1. The maximum Gasteiger partial charge on any atom is 0.134 e. The molecule has 0 bridgehead atoms. The largest absolute Gasteiger partial charge is 0.356 e. The summed E-state index contributed by atoms with van der Waals surface area (Å²) in [5, 5.41) is 3.77. The van der Waals surface area contributed by atoms with Gasteiger partial charge in [0, 0.05) is 69.8 Å². The van der Waals surface area contributed by atoms with Crippen LogP contribution in [-0.4, -0.2) is 73.8 Å². The topological polar surface area (TPSA) is 47.5 Å². The Morgan fingerprint density at radius 3 is 2.43 bits per heavy atom. The first-order chi connectivity index (χ1) is 13.8. The molecule has 0 radical (unpaired) electrons. The highest BCUT2D eigenvalue weighted by molar-refractivity contribution is 5.51. The summed E-state index contributed by atoms with van der Waals surface area (Å²) in [6.45, 7) is 7.58. The Balaban J connectivity index is 1.08. The molecule has 2 atom stereocenters. The Morgan fingerprint density at radius 2 is 1.68 bits per heavy atom. The zero-order valence-corrected chi connectivity index (χ0v) is 16.7. The molecule has 1 N–H and O–H groups in total. The normalized spacial score (nSPS) is 25.6. The average Bonchev–Trinajstić information content (AvgIpc) is 3.48. The third-order valence-corrected chi connectivity index (χ3v) is 6.43. The van der Waals surface area contributed by atoms with E-state index < -0.39 is 0 Å². The second kappa shape index (κ2) is 7.68. The Bertz CT molecular complexity index is 783. The molecule has 6 heteroatoms. The molecule has 1 saturated carbocycles. The molecule has 28 heavy (non-hydrogen) atoms. The van der Waals surface area contributed by atoms with Crippen molar-refractivity contribution in [1.82, 2.24) is 20.2 Å². The SMILES string of the molecule is CN1CCN(c2cc(N3CC(CN[C@@H]4C[C@H]4c4ccccc4)C3)ncn2)CC1. The summed E-state index contributed by atoms with van der Waals surface area (Å²) in [5.74, 6) is 3.58. The first-order valence-corrected chi connectivity index (χ1v) is 10.5. The minimum Gasteiger partial charge on any atom is -0.356 e. The van der Waals surface area contributed by atoms with Crippen molar-refractivity contribution >= 4 is 11.6 Å². The van der Waals surface area contributed by atoms with Crippen LogP contribution in [0.5, 0.6) is 0 Å². The fourth-order valence-corrected chi connectivity index (χ4v) is 4.41. The number of nitrogens with one attached hydrogen (secondary N) is 1. The molecule has 3 aliphatic rings. The molecular formula is C22H30N6. The molecule has 1 aromatic carbocycles. The van der Waals surface area contributed by atoms with Crippen LogP contribution in [0.3, 0.4) is 0 Å². The van der Waals surface area contributed by atoms with Gasteiger partial charge in [0.05, 0.1) is 0 Å². The quantitative estimate of drug-likeness (QED) is 0.827. The molecular weight excluding hydrogens is 348 g/mol. The lowest BCUT2D eigenvalue weighted by atomic mass is 10.00. The number of aromatic nitrogens is 2. The molecule has 148 valence electrons. The summed E-state index contributed by atoms with van der Waals surface area (Å²) >= 11 is 0. The van der Waals surface area contributed by atoms with Crippen LogP contribution in [0.4, 0.5) is 11.6 Å². The van der Waals surface area contributed by atoms with Gasteiger partial charge >= 0.3 is 0 Å². The van der Waals surface area contributed by atoms with Crippen molar-refractivity contribution in [2.75, 3.05) is 62.7 Å². The summed E-state index contributed by atoms with van der Waals surface area (Å²) in [6, 6.07) is 13.7. The first-order valence-electron chi connectivity index (χ1n) is 10.5. The first kappa shape index (κ1) is 17.9. The van der Waals surface area contributed by atoms with Gasteiger partial charge in [0.2, 0.25) is 0 Å². The Morgan fingerprint density at radius 1 is 0.964 bits per heavy atom. The summed E-state index contributed by atoms with van der Waals surface area (Å²) in [6.07, 6.45) is 3.00. The minimum atomic E-state index is 0.666. The van der Waals surface area contributed by atoms with E-state index in [1.165, 1.54) is 12.0 Å². The highest BCUT2D eigenvalue weighted by Crippen LogP contribution is 2.40. The second-order valence-electron chi connectivity index (χ2n) is 8.56. The van der Waals surface area contributed by atoms with E-state index in [0.29, 0.717) is 12.0 Å². The fraction of sp³-hybridized carbons (Fsp3) is 0.545. The van der Waals surface area contributed by atoms with Crippen LogP contribution in [0.1, 0.15) is 17.9 Å². The molecule has 0 unspecified atom stereocenters. The second-order valence-corrected chi connectivity index (χ2v) is 8.56. The van der Waals surface area contributed by atoms with Crippen LogP contribution in [0.2, 0.25) is 0 Å². The van der Waals surface area contributed by atoms with E-state index in [1.807, 2.05) is 0 Å². The van der Waals surface area contributed by atoms with Crippen molar-refractivity contribution in [2.24, 2.45) is 5.92 Å². The van der Waals surface area contributed by atoms with Gasteiger partial charge in [-0.1, -0.05) is 30.3 Å². The van der Waals surface area contributed by atoms with Crippen molar-refractivity contribution in [3.8, 4) is 0 Å². The van der Waals surface area contributed by atoms with Gasteiger partial charge in [-0.2, -0.15) is 0 Å². The van der Waals surface area contributed by atoms with Crippen LogP contribution in [0.25, 0.3) is 0 Å². The number of hydrogen-bond acceptors (Lipinski definition) is 6. The number of benzene rings is 1. The maximum absolute atomic E-state index is 4.52. The Labute approximate surface area is 167 Å². The van der Waals surface area contributed by atoms with Crippen LogP contribution in [0.15, 0.2) is 42.7 Å². The molecule has 0 spiro atoms. The third kappa shape index (κ3) is 3.84. The van der Waals surface area contributed by atoms with Gasteiger partial charge in [-0.05, 0) is 19.0 Å². The number of nitrogens with zero attached hydrogens (tertiary/aromatic N) is 5. The highest BCUT2D eigenvalue weighted by atomic mass is 15.3. The van der Waals surface area contributed by atoms with Crippen molar-refractivity contribution < 1.29 is 0 Å².